The van der Waals surface area contributed by atoms with Crippen LogP contribution in [0.4, 0.5) is 13.6 Å². The third-order valence-electron chi connectivity index (χ3n) is 4.44. The highest BCUT2D eigenvalue weighted by Gasteiger charge is 2.28. The average molecular weight is 407 g/mol. The molecule has 7 nitrogen and oxygen atoms in total. The van der Waals surface area contributed by atoms with Gasteiger partial charge < -0.3 is 19.5 Å². The molecule has 156 valence electrons. The van der Waals surface area contributed by atoms with Crippen molar-refractivity contribution in [2.45, 2.75) is 45.3 Å². The number of carbonyl (C=O) groups is 2. The van der Waals surface area contributed by atoms with Gasteiger partial charge in [0, 0.05) is 30.8 Å². The number of piperidine rings is 1. The van der Waals surface area contributed by atoms with Crippen LogP contribution in [0.1, 0.15) is 44.1 Å². The summed E-state index contributed by atoms with van der Waals surface area (Å²) in [5.74, 6) is -2.12. The smallest absolute Gasteiger partial charge is 0.407 e. The predicted octanol–water partition coefficient (Wildman–Crippen LogP) is 3.75. The zero-order valence-corrected chi connectivity index (χ0v) is 16.5. The molecule has 2 heterocycles. The molecular weight excluding hydrogens is 384 g/mol. The molecule has 2 aromatic rings. The van der Waals surface area contributed by atoms with Crippen molar-refractivity contribution in [3.63, 3.8) is 0 Å². The second-order valence-electron chi connectivity index (χ2n) is 7.92. The molecule has 1 aromatic carbocycles. The molecule has 0 spiro atoms. The third-order valence-corrected chi connectivity index (χ3v) is 4.44. The SMILES string of the molecule is CC(C)(C)OC(=O)NC1CCN(C(=O)c2cc(-c3ccc(F)c(F)c3)on2)CC1. The lowest BCUT2D eigenvalue weighted by Crippen LogP contribution is -2.47. The van der Waals surface area contributed by atoms with Crippen molar-refractivity contribution in [2.75, 3.05) is 13.1 Å². The van der Waals surface area contributed by atoms with Crippen molar-refractivity contribution < 1.29 is 27.6 Å². The first-order valence-corrected chi connectivity index (χ1v) is 9.33. The monoisotopic (exact) mass is 407 g/mol. The fourth-order valence-electron chi connectivity index (χ4n) is 3.02. The van der Waals surface area contributed by atoms with Crippen LogP contribution in [0.3, 0.4) is 0 Å². The molecule has 1 aliphatic rings. The molecule has 9 heteroatoms. The van der Waals surface area contributed by atoms with Gasteiger partial charge in [0.1, 0.15) is 5.60 Å². The Morgan fingerprint density at radius 2 is 1.86 bits per heavy atom. The average Bonchev–Trinajstić information content (AvgIpc) is 3.12. The standard InChI is InChI=1S/C20H23F2N3O4/c1-20(2,3)28-19(27)23-13-6-8-25(9-7-13)18(26)16-11-17(29-24-16)12-4-5-14(21)15(22)10-12/h4-5,10-11,13H,6-9H2,1-3H3,(H,23,27). The first kappa shape index (κ1) is 20.8. The number of aromatic nitrogens is 1. The fourth-order valence-corrected chi connectivity index (χ4v) is 3.02. The van der Waals surface area contributed by atoms with Crippen molar-refractivity contribution in [1.29, 1.82) is 0 Å². The Morgan fingerprint density at radius 3 is 2.48 bits per heavy atom. The number of benzene rings is 1. The summed E-state index contributed by atoms with van der Waals surface area (Å²) in [6, 6.07) is 4.64. The van der Waals surface area contributed by atoms with E-state index < -0.39 is 23.3 Å². The van der Waals surface area contributed by atoms with Gasteiger partial charge in [-0.25, -0.2) is 13.6 Å². The Hall–Kier alpha value is -2.97. The van der Waals surface area contributed by atoms with Gasteiger partial charge in [0.05, 0.1) is 0 Å². The summed E-state index contributed by atoms with van der Waals surface area (Å²) in [4.78, 5) is 26.1. The number of ether oxygens (including phenoxy) is 1. The van der Waals surface area contributed by atoms with E-state index >= 15 is 0 Å². The van der Waals surface area contributed by atoms with Gasteiger partial charge in [0.2, 0.25) is 0 Å². The van der Waals surface area contributed by atoms with Gasteiger partial charge in [0.25, 0.3) is 5.91 Å². The topological polar surface area (TPSA) is 84.7 Å². The van der Waals surface area contributed by atoms with Crippen LogP contribution in [0.2, 0.25) is 0 Å². The lowest BCUT2D eigenvalue weighted by molar-refractivity contribution is 0.0473. The van der Waals surface area contributed by atoms with E-state index in [1.54, 1.807) is 25.7 Å². The number of rotatable bonds is 3. The second kappa shape index (κ2) is 8.18. The van der Waals surface area contributed by atoms with E-state index in [-0.39, 0.29) is 29.0 Å². The Bertz CT molecular complexity index is 899. The number of amides is 2. The van der Waals surface area contributed by atoms with Crippen LogP contribution in [-0.2, 0) is 4.74 Å². The highest BCUT2D eigenvalue weighted by Crippen LogP contribution is 2.23. The number of hydrogen-bond donors (Lipinski definition) is 1. The predicted molar refractivity (Wildman–Crippen MR) is 100 cm³/mol. The highest BCUT2D eigenvalue weighted by atomic mass is 19.2. The summed E-state index contributed by atoms with van der Waals surface area (Å²) in [7, 11) is 0. The molecule has 0 radical (unpaired) electrons. The summed E-state index contributed by atoms with van der Waals surface area (Å²) in [6.07, 6.45) is 0.688. The van der Waals surface area contributed by atoms with Crippen LogP contribution >= 0.6 is 0 Å². The third kappa shape index (κ3) is 5.30. The largest absolute Gasteiger partial charge is 0.444 e. The Labute approximate surface area is 167 Å². The van der Waals surface area contributed by atoms with Crippen LogP contribution in [0.25, 0.3) is 11.3 Å². The zero-order valence-electron chi connectivity index (χ0n) is 16.5. The maximum atomic E-state index is 13.4. The number of nitrogens with zero attached hydrogens (tertiary/aromatic N) is 2. The fraction of sp³-hybridized carbons (Fsp3) is 0.450. The van der Waals surface area contributed by atoms with Crippen LogP contribution in [0.5, 0.6) is 0 Å². The maximum Gasteiger partial charge on any atom is 0.407 e. The van der Waals surface area contributed by atoms with Crippen molar-refractivity contribution in [3.05, 3.63) is 41.6 Å². The molecule has 2 amide bonds. The van der Waals surface area contributed by atoms with Crippen molar-refractivity contribution in [2.24, 2.45) is 0 Å². The number of alkyl carbamates (subject to hydrolysis) is 1. The molecule has 1 fully saturated rings. The minimum Gasteiger partial charge on any atom is -0.444 e. The van der Waals surface area contributed by atoms with Gasteiger partial charge in [-0.2, -0.15) is 0 Å². The van der Waals surface area contributed by atoms with Crippen molar-refractivity contribution in [3.8, 4) is 11.3 Å². The highest BCUT2D eigenvalue weighted by molar-refractivity contribution is 5.93. The molecule has 1 aliphatic heterocycles. The number of halogens is 2. The normalized spacial score (nSPS) is 15.3. The molecular formula is C20H23F2N3O4. The molecule has 1 saturated heterocycles. The summed E-state index contributed by atoms with van der Waals surface area (Å²) in [5, 5.41) is 6.57. The molecule has 0 bridgehead atoms. The molecule has 0 atom stereocenters. The lowest BCUT2D eigenvalue weighted by Gasteiger charge is -2.32. The van der Waals surface area contributed by atoms with Gasteiger partial charge in [-0.15, -0.1) is 0 Å². The maximum absolute atomic E-state index is 13.4. The van der Waals surface area contributed by atoms with Gasteiger partial charge >= 0.3 is 6.09 Å². The summed E-state index contributed by atoms with van der Waals surface area (Å²) >= 11 is 0. The van der Waals surface area contributed by atoms with E-state index in [1.165, 1.54) is 12.1 Å². The van der Waals surface area contributed by atoms with Crippen LogP contribution in [0, 0.1) is 11.6 Å². The summed E-state index contributed by atoms with van der Waals surface area (Å²) < 4.78 is 36.8. The summed E-state index contributed by atoms with van der Waals surface area (Å²) in [6.45, 7) is 6.25. The van der Waals surface area contributed by atoms with Gasteiger partial charge in [-0.3, -0.25) is 4.79 Å². The second-order valence-corrected chi connectivity index (χ2v) is 7.92. The quantitative estimate of drug-likeness (QED) is 0.838. The van der Waals surface area contributed by atoms with Crippen LogP contribution in [-0.4, -0.2) is 46.8 Å². The summed E-state index contributed by atoms with van der Waals surface area (Å²) in [5.41, 5.74) is -0.197. The Balaban J connectivity index is 1.56. The Morgan fingerprint density at radius 1 is 1.17 bits per heavy atom. The van der Waals surface area contributed by atoms with Crippen molar-refractivity contribution >= 4 is 12.0 Å². The number of likely N-dealkylation sites (tertiary alicyclic amines) is 1. The molecule has 0 aliphatic carbocycles. The minimum atomic E-state index is -1.01. The van der Waals surface area contributed by atoms with E-state index in [4.69, 9.17) is 9.26 Å². The van der Waals surface area contributed by atoms with Crippen LogP contribution < -0.4 is 5.32 Å². The van der Waals surface area contributed by atoms with Crippen LogP contribution in [0.15, 0.2) is 28.8 Å². The molecule has 1 aromatic heterocycles. The Kier molecular flexibility index (Phi) is 5.86. The van der Waals surface area contributed by atoms with Gasteiger partial charge in [-0.05, 0) is 51.8 Å². The molecule has 0 unspecified atom stereocenters. The molecule has 29 heavy (non-hydrogen) atoms. The number of carbonyl (C=O) groups excluding carboxylic acids is 2. The van der Waals surface area contributed by atoms with Gasteiger partial charge in [0.15, 0.2) is 23.1 Å². The van der Waals surface area contributed by atoms with E-state index in [9.17, 15) is 18.4 Å². The number of nitrogens with one attached hydrogen (secondary N) is 1. The molecule has 0 saturated carbocycles. The van der Waals surface area contributed by atoms with E-state index in [0.29, 0.717) is 25.9 Å². The van der Waals surface area contributed by atoms with E-state index in [0.717, 1.165) is 12.1 Å². The van der Waals surface area contributed by atoms with Crippen molar-refractivity contribution in [1.82, 2.24) is 15.4 Å². The zero-order chi connectivity index (χ0) is 21.2. The minimum absolute atomic E-state index is 0.0797. The first-order valence-electron chi connectivity index (χ1n) is 9.33. The first-order chi connectivity index (χ1) is 13.6. The van der Waals surface area contributed by atoms with E-state index in [2.05, 4.69) is 10.5 Å². The molecule has 1 N–H and O–H groups in total. The van der Waals surface area contributed by atoms with Gasteiger partial charge in [-0.1, -0.05) is 5.16 Å². The number of hydrogen-bond acceptors (Lipinski definition) is 5. The van der Waals surface area contributed by atoms with E-state index in [1.807, 2.05) is 0 Å². The molecule has 3 rings (SSSR count). The lowest BCUT2D eigenvalue weighted by atomic mass is 10.0.